The molecule has 26 heavy (non-hydrogen) atoms. The molecule has 1 atom stereocenters. The number of halogens is 1. The maximum Gasteiger partial charge on any atom is 0.191 e. The van der Waals surface area contributed by atoms with E-state index in [1.165, 1.54) is 11.3 Å². The first-order valence-corrected chi connectivity index (χ1v) is 10.00. The molecule has 4 nitrogen and oxygen atoms in total. The number of piperidine rings is 1. The number of nitrogens with one attached hydrogen (secondary N) is 2. The van der Waals surface area contributed by atoms with Gasteiger partial charge >= 0.3 is 0 Å². The van der Waals surface area contributed by atoms with E-state index in [1.54, 1.807) is 11.3 Å². The van der Waals surface area contributed by atoms with Gasteiger partial charge in [-0.2, -0.15) is 11.3 Å². The Labute approximate surface area is 178 Å². The van der Waals surface area contributed by atoms with Crippen molar-refractivity contribution in [3.8, 4) is 0 Å². The van der Waals surface area contributed by atoms with Gasteiger partial charge in [-0.05, 0) is 53.3 Å². The summed E-state index contributed by atoms with van der Waals surface area (Å²) in [4.78, 5) is 6.86. The zero-order chi connectivity index (χ0) is 17.5. The van der Waals surface area contributed by atoms with Crippen LogP contribution in [0.25, 0.3) is 0 Å². The van der Waals surface area contributed by atoms with Crippen molar-refractivity contribution in [1.29, 1.82) is 0 Å². The van der Waals surface area contributed by atoms with E-state index in [4.69, 9.17) is 0 Å². The second-order valence-electron chi connectivity index (χ2n) is 6.65. The van der Waals surface area contributed by atoms with E-state index in [1.807, 2.05) is 7.05 Å². The maximum atomic E-state index is 4.40. The van der Waals surface area contributed by atoms with Crippen LogP contribution < -0.4 is 15.5 Å². The van der Waals surface area contributed by atoms with Crippen molar-refractivity contribution >= 4 is 47.0 Å². The first-order valence-electron chi connectivity index (χ1n) is 9.05. The van der Waals surface area contributed by atoms with Gasteiger partial charge < -0.3 is 15.5 Å². The molecular weight excluding hydrogens is 455 g/mol. The Morgan fingerprint density at radius 1 is 1.23 bits per heavy atom. The van der Waals surface area contributed by atoms with Crippen molar-refractivity contribution in [3.63, 3.8) is 0 Å². The Morgan fingerprint density at radius 2 is 1.96 bits per heavy atom. The average Bonchev–Trinajstić information content (AvgIpc) is 3.21. The molecule has 0 saturated carbocycles. The van der Waals surface area contributed by atoms with Crippen molar-refractivity contribution in [2.24, 2.45) is 4.99 Å². The Kier molecular flexibility index (Phi) is 8.71. The summed E-state index contributed by atoms with van der Waals surface area (Å²) in [7, 11) is 1.85. The summed E-state index contributed by atoms with van der Waals surface area (Å²) in [6, 6.07) is 13.4. The maximum absolute atomic E-state index is 4.40. The van der Waals surface area contributed by atoms with E-state index < -0.39 is 0 Å². The number of aliphatic imine (C=N–C) groups is 1. The van der Waals surface area contributed by atoms with Gasteiger partial charge in [-0.25, -0.2) is 0 Å². The lowest BCUT2D eigenvalue weighted by Crippen LogP contribution is -2.49. The van der Waals surface area contributed by atoms with E-state index in [0.717, 1.165) is 38.4 Å². The van der Waals surface area contributed by atoms with Crippen LogP contribution >= 0.6 is 35.3 Å². The lowest BCUT2D eigenvalue weighted by Gasteiger charge is -2.34. The molecule has 1 aromatic carbocycles. The van der Waals surface area contributed by atoms with E-state index in [-0.39, 0.29) is 24.0 Å². The smallest absolute Gasteiger partial charge is 0.191 e. The summed E-state index contributed by atoms with van der Waals surface area (Å²) in [5, 5.41) is 11.4. The molecule has 2 N–H and O–H groups in total. The fourth-order valence-corrected chi connectivity index (χ4v) is 4.01. The van der Waals surface area contributed by atoms with E-state index in [0.29, 0.717) is 12.0 Å². The first-order chi connectivity index (χ1) is 12.3. The fourth-order valence-electron chi connectivity index (χ4n) is 3.23. The number of anilines is 1. The predicted octanol–water partition coefficient (Wildman–Crippen LogP) is 4.30. The highest BCUT2D eigenvalue weighted by Gasteiger charge is 2.20. The minimum Gasteiger partial charge on any atom is -0.371 e. The zero-order valence-electron chi connectivity index (χ0n) is 15.5. The van der Waals surface area contributed by atoms with Crippen LogP contribution in [-0.4, -0.2) is 38.7 Å². The number of para-hydroxylation sites is 1. The van der Waals surface area contributed by atoms with Crippen LogP contribution in [0.15, 0.2) is 52.2 Å². The molecule has 1 unspecified atom stereocenters. The second-order valence-corrected chi connectivity index (χ2v) is 7.43. The number of hydrogen-bond donors (Lipinski definition) is 2. The van der Waals surface area contributed by atoms with Crippen LogP contribution in [0.1, 0.15) is 31.2 Å². The average molecular weight is 484 g/mol. The standard InChI is InChI=1S/C20H28N4S.HI/c1-16(17-10-13-25-15-17)14-22-20(21-2)23-18-8-11-24(12-9-18)19-6-4-3-5-7-19;/h3-7,10,13,15-16,18H,8-9,11-12,14H2,1-2H3,(H2,21,22,23);1H. The minimum absolute atomic E-state index is 0. The molecule has 0 radical (unpaired) electrons. The molecule has 1 aliphatic heterocycles. The van der Waals surface area contributed by atoms with E-state index in [2.05, 4.69) is 74.6 Å². The fraction of sp³-hybridized carbons (Fsp3) is 0.450. The monoisotopic (exact) mass is 484 g/mol. The molecule has 1 fully saturated rings. The predicted molar refractivity (Wildman–Crippen MR) is 124 cm³/mol. The highest BCUT2D eigenvalue weighted by atomic mass is 127. The molecule has 1 aromatic heterocycles. The summed E-state index contributed by atoms with van der Waals surface area (Å²) in [6.07, 6.45) is 2.27. The molecule has 0 amide bonds. The molecule has 0 bridgehead atoms. The lowest BCUT2D eigenvalue weighted by atomic mass is 10.0. The molecule has 142 valence electrons. The summed E-state index contributed by atoms with van der Waals surface area (Å²) in [6.45, 7) is 5.33. The first kappa shape index (κ1) is 21.0. The molecule has 2 heterocycles. The molecule has 3 rings (SSSR count). The summed E-state index contributed by atoms with van der Waals surface area (Å²) < 4.78 is 0. The van der Waals surface area contributed by atoms with Crippen molar-refractivity contribution in [2.45, 2.75) is 31.7 Å². The topological polar surface area (TPSA) is 39.7 Å². The van der Waals surface area contributed by atoms with Crippen molar-refractivity contribution in [3.05, 3.63) is 52.7 Å². The van der Waals surface area contributed by atoms with Gasteiger partial charge in [0.25, 0.3) is 0 Å². The molecule has 1 saturated heterocycles. The third-order valence-electron chi connectivity index (χ3n) is 4.87. The molecule has 2 aromatic rings. The van der Waals surface area contributed by atoms with Crippen LogP contribution in [0, 0.1) is 0 Å². The summed E-state index contributed by atoms with van der Waals surface area (Å²) >= 11 is 1.76. The summed E-state index contributed by atoms with van der Waals surface area (Å²) in [5.74, 6) is 1.41. The number of thiophene rings is 1. The third-order valence-corrected chi connectivity index (χ3v) is 5.57. The van der Waals surface area contributed by atoms with E-state index in [9.17, 15) is 0 Å². The van der Waals surface area contributed by atoms with Crippen LogP contribution in [0.5, 0.6) is 0 Å². The molecule has 0 aliphatic carbocycles. The molecule has 6 heteroatoms. The van der Waals surface area contributed by atoms with Crippen LogP contribution in [0.4, 0.5) is 5.69 Å². The van der Waals surface area contributed by atoms with Gasteiger partial charge in [0.2, 0.25) is 0 Å². The number of benzene rings is 1. The largest absolute Gasteiger partial charge is 0.371 e. The highest BCUT2D eigenvalue weighted by molar-refractivity contribution is 14.0. The normalized spacial score (nSPS) is 16.7. The number of nitrogens with zero attached hydrogens (tertiary/aromatic N) is 2. The van der Waals surface area contributed by atoms with Crippen molar-refractivity contribution in [2.75, 3.05) is 31.6 Å². The molecule has 0 spiro atoms. The Bertz CT molecular complexity index is 652. The second kappa shape index (κ2) is 10.8. The number of guanidine groups is 1. The van der Waals surface area contributed by atoms with Gasteiger partial charge in [-0.3, -0.25) is 4.99 Å². The van der Waals surface area contributed by atoms with Gasteiger partial charge in [-0.1, -0.05) is 25.1 Å². The SMILES string of the molecule is CN=C(NCC(C)c1ccsc1)NC1CCN(c2ccccc2)CC1.I. The molecular formula is C20H29IN4S. The minimum atomic E-state index is 0. The Hall–Kier alpha value is -1.28. The van der Waals surface area contributed by atoms with Crippen molar-refractivity contribution < 1.29 is 0 Å². The van der Waals surface area contributed by atoms with E-state index >= 15 is 0 Å². The van der Waals surface area contributed by atoms with Gasteiger partial charge in [0.05, 0.1) is 0 Å². The Morgan fingerprint density at radius 3 is 2.58 bits per heavy atom. The lowest BCUT2D eigenvalue weighted by molar-refractivity contribution is 0.461. The number of rotatable bonds is 5. The summed E-state index contributed by atoms with van der Waals surface area (Å²) in [5.41, 5.74) is 2.72. The molecule has 1 aliphatic rings. The zero-order valence-corrected chi connectivity index (χ0v) is 18.7. The van der Waals surface area contributed by atoms with Crippen LogP contribution in [0.3, 0.4) is 0 Å². The van der Waals surface area contributed by atoms with Gasteiger partial charge in [-0.15, -0.1) is 24.0 Å². The van der Waals surface area contributed by atoms with Gasteiger partial charge in [0, 0.05) is 38.4 Å². The van der Waals surface area contributed by atoms with Crippen LogP contribution in [0.2, 0.25) is 0 Å². The Balaban J connectivity index is 0.00000243. The van der Waals surface area contributed by atoms with Gasteiger partial charge in [0.15, 0.2) is 5.96 Å². The van der Waals surface area contributed by atoms with Crippen molar-refractivity contribution in [1.82, 2.24) is 10.6 Å². The van der Waals surface area contributed by atoms with Crippen LogP contribution in [-0.2, 0) is 0 Å². The third kappa shape index (κ3) is 5.87. The number of hydrogen-bond acceptors (Lipinski definition) is 3. The highest BCUT2D eigenvalue weighted by Crippen LogP contribution is 2.20. The quantitative estimate of drug-likeness (QED) is 0.378. The van der Waals surface area contributed by atoms with Gasteiger partial charge in [0.1, 0.15) is 0 Å².